The summed E-state index contributed by atoms with van der Waals surface area (Å²) in [7, 11) is 0. The lowest BCUT2D eigenvalue weighted by atomic mass is 10.1. The number of phenolic OH excluding ortho intramolecular Hbond substituents is 1. The molecule has 0 atom stereocenters. The number of hydrogen-bond donors (Lipinski definition) is 3. The molecule has 10 heteroatoms. The maximum absolute atomic E-state index is 13.5. The molecule has 0 radical (unpaired) electrons. The summed E-state index contributed by atoms with van der Waals surface area (Å²) < 4.78 is 44.4. The van der Waals surface area contributed by atoms with E-state index in [1.807, 2.05) is 5.32 Å². The number of benzene rings is 3. The Morgan fingerprint density at radius 3 is 2.29 bits per heavy atom. The average molecular weight is 432 g/mol. The number of aromatic hydroxyl groups is 1. The first-order chi connectivity index (χ1) is 14.8. The lowest BCUT2D eigenvalue weighted by Gasteiger charge is -2.10. The van der Waals surface area contributed by atoms with Gasteiger partial charge in [0.15, 0.2) is 24.1 Å². The first kappa shape index (κ1) is 21.6. The fraction of sp³-hybridized carbons (Fsp3) is 0.0952. The highest BCUT2D eigenvalue weighted by Gasteiger charge is 2.17. The third kappa shape index (κ3) is 5.10. The van der Waals surface area contributed by atoms with Gasteiger partial charge in [0.1, 0.15) is 11.3 Å². The molecule has 3 aromatic carbocycles. The summed E-state index contributed by atoms with van der Waals surface area (Å²) in [6.07, 6.45) is 0. The van der Waals surface area contributed by atoms with Crippen LogP contribution < -0.4 is 10.6 Å². The largest absolute Gasteiger partial charge is 0.507 e. The number of hydrogen-bond acceptors (Lipinski definition) is 5. The highest BCUT2D eigenvalue weighted by atomic mass is 19.2. The Bertz CT molecular complexity index is 1180. The molecular formula is C21H15F3N2O5. The molecule has 0 saturated heterocycles. The van der Waals surface area contributed by atoms with E-state index in [-0.39, 0.29) is 11.3 Å². The predicted octanol–water partition coefficient (Wildman–Crippen LogP) is 2.87. The minimum atomic E-state index is -1.74. The highest BCUT2D eigenvalue weighted by molar-refractivity contribution is 5.99. The molecule has 0 unspecified atom stereocenters. The molecule has 2 amide bonds. The third-order valence-corrected chi connectivity index (χ3v) is 4.17. The van der Waals surface area contributed by atoms with Crippen LogP contribution in [0, 0.1) is 17.5 Å². The third-order valence-electron chi connectivity index (χ3n) is 4.17. The Morgan fingerprint density at radius 2 is 1.58 bits per heavy atom. The topological polar surface area (TPSA) is 105 Å². The van der Waals surface area contributed by atoms with Crippen molar-refractivity contribution < 1.29 is 37.4 Å². The molecule has 0 saturated carbocycles. The van der Waals surface area contributed by atoms with Crippen molar-refractivity contribution in [3.05, 3.63) is 71.5 Å². The highest BCUT2D eigenvalue weighted by Crippen LogP contribution is 2.25. The Kier molecular flexibility index (Phi) is 6.39. The van der Waals surface area contributed by atoms with Crippen LogP contribution in [0.3, 0.4) is 0 Å². The van der Waals surface area contributed by atoms with Gasteiger partial charge in [0.25, 0.3) is 5.91 Å². The Morgan fingerprint density at radius 1 is 0.903 bits per heavy atom. The standard InChI is InChI=1S/C21H15F3N2O5/c22-14-5-6-15(20(24)19(14)23)26-17(28)9-25-18(29)10-31-21(30)13-7-11-3-1-2-4-12(11)8-16(13)27/h1-8,27H,9-10H2,(H,25,29)(H,26,28). The van der Waals surface area contributed by atoms with E-state index >= 15 is 0 Å². The zero-order valence-corrected chi connectivity index (χ0v) is 15.7. The van der Waals surface area contributed by atoms with Crippen LogP contribution in [0.15, 0.2) is 48.5 Å². The van der Waals surface area contributed by atoms with Crippen molar-refractivity contribution in [2.45, 2.75) is 0 Å². The molecule has 0 aliphatic heterocycles. The van der Waals surface area contributed by atoms with E-state index in [1.54, 1.807) is 24.3 Å². The number of carbonyl (C=O) groups excluding carboxylic acids is 3. The van der Waals surface area contributed by atoms with Gasteiger partial charge in [-0.25, -0.2) is 18.0 Å². The van der Waals surface area contributed by atoms with Crippen molar-refractivity contribution in [1.82, 2.24) is 5.32 Å². The van der Waals surface area contributed by atoms with Crippen molar-refractivity contribution in [3.63, 3.8) is 0 Å². The van der Waals surface area contributed by atoms with E-state index in [0.29, 0.717) is 16.8 Å². The van der Waals surface area contributed by atoms with Crippen LogP contribution >= 0.6 is 0 Å². The number of carbonyl (C=O) groups is 3. The van der Waals surface area contributed by atoms with Gasteiger partial charge in [-0.15, -0.1) is 0 Å². The van der Waals surface area contributed by atoms with Gasteiger partial charge in [0.05, 0.1) is 12.2 Å². The first-order valence-corrected chi connectivity index (χ1v) is 8.85. The fourth-order valence-corrected chi connectivity index (χ4v) is 2.65. The van der Waals surface area contributed by atoms with Crippen LogP contribution in [-0.2, 0) is 14.3 Å². The summed E-state index contributed by atoms with van der Waals surface area (Å²) in [6.45, 7) is -1.39. The molecular weight excluding hydrogens is 417 g/mol. The summed E-state index contributed by atoms with van der Waals surface area (Å²) in [6, 6.07) is 11.2. The van der Waals surface area contributed by atoms with Gasteiger partial charge in [-0.1, -0.05) is 24.3 Å². The normalized spacial score (nSPS) is 10.5. The summed E-state index contributed by atoms with van der Waals surface area (Å²) in [5, 5.41) is 15.5. The number of ether oxygens (including phenoxy) is 1. The predicted molar refractivity (Wildman–Crippen MR) is 104 cm³/mol. The van der Waals surface area contributed by atoms with E-state index in [0.717, 1.165) is 6.07 Å². The number of halogens is 3. The number of amides is 2. The molecule has 0 spiro atoms. The number of esters is 1. The SMILES string of the molecule is O=C(COC(=O)c1cc2ccccc2cc1O)NCC(=O)Nc1ccc(F)c(F)c1F. The molecule has 0 aliphatic rings. The monoisotopic (exact) mass is 432 g/mol. The zero-order valence-electron chi connectivity index (χ0n) is 15.7. The maximum atomic E-state index is 13.5. The van der Waals surface area contributed by atoms with Crippen LogP contribution in [-0.4, -0.2) is 36.0 Å². The van der Waals surface area contributed by atoms with Gasteiger partial charge in [-0.05, 0) is 35.0 Å². The van der Waals surface area contributed by atoms with Crippen molar-refractivity contribution in [2.75, 3.05) is 18.5 Å². The van der Waals surface area contributed by atoms with Gasteiger partial charge in [0, 0.05) is 0 Å². The second-order valence-corrected chi connectivity index (χ2v) is 6.34. The van der Waals surface area contributed by atoms with Crippen LogP contribution in [0.4, 0.5) is 18.9 Å². The number of anilines is 1. The minimum absolute atomic E-state index is 0.141. The molecule has 3 N–H and O–H groups in total. The first-order valence-electron chi connectivity index (χ1n) is 8.85. The van der Waals surface area contributed by atoms with Crippen molar-refractivity contribution >= 4 is 34.2 Å². The zero-order chi connectivity index (χ0) is 22.5. The molecule has 0 aliphatic carbocycles. The molecule has 160 valence electrons. The Balaban J connectivity index is 1.51. The van der Waals surface area contributed by atoms with E-state index in [9.17, 15) is 32.7 Å². The second kappa shape index (κ2) is 9.16. The van der Waals surface area contributed by atoms with E-state index in [2.05, 4.69) is 5.32 Å². The number of nitrogens with one attached hydrogen (secondary N) is 2. The van der Waals surface area contributed by atoms with E-state index < -0.39 is 54.1 Å². The maximum Gasteiger partial charge on any atom is 0.342 e. The fourth-order valence-electron chi connectivity index (χ4n) is 2.65. The molecule has 0 heterocycles. The summed E-state index contributed by atoms with van der Waals surface area (Å²) in [5.74, 6) is -7.78. The molecule has 0 aromatic heterocycles. The minimum Gasteiger partial charge on any atom is -0.507 e. The number of fused-ring (bicyclic) bond motifs is 1. The molecule has 3 aromatic rings. The Hall–Kier alpha value is -4.08. The van der Waals surface area contributed by atoms with Crippen LogP contribution in [0.25, 0.3) is 10.8 Å². The molecule has 3 rings (SSSR count). The quantitative estimate of drug-likeness (QED) is 0.411. The molecule has 31 heavy (non-hydrogen) atoms. The average Bonchev–Trinajstić information content (AvgIpc) is 2.76. The summed E-state index contributed by atoms with van der Waals surface area (Å²) in [4.78, 5) is 35.7. The summed E-state index contributed by atoms with van der Waals surface area (Å²) in [5.41, 5.74) is -0.741. The smallest absolute Gasteiger partial charge is 0.342 e. The van der Waals surface area contributed by atoms with Crippen molar-refractivity contribution in [3.8, 4) is 5.75 Å². The lowest BCUT2D eigenvalue weighted by molar-refractivity contribution is -0.126. The summed E-state index contributed by atoms with van der Waals surface area (Å²) >= 11 is 0. The van der Waals surface area contributed by atoms with Gasteiger partial charge in [-0.3, -0.25) is 9.59 Å². The second-order valence-electron chi connectivity index (χ2n) is 6.34. The van der Waals surface area contributed by atoms with Crippen LogP contribution in [0.2, 0.25) is 0 Å². The van der Waals surface area contributed by atoms with Gasteiger partial charge < -0.3 is 20.5 Å². The van der Waals surface area contributed by atoms with Gasteiger partial charge in [-0.2, -0.15) is 0 Å². The van der Waals surface area contributed by atoms with Crippen LogP contribution in [0.1, 0.15) is 10.4 Å². The van der Waals surface area contributed by atoms with Gasteiger partial charge >= 0.3 is 5.97 Å². The van der Waals surface area contributed by atoms with Crippen molar-refractivity contribution in [2.24, 2.45) is 0 Å². The van der Waals surface area contributed by atoms with Crippen molar-refractivity contribution in [1.29, 1.82) is 0 Å². The van der Waals surface area contributed by atoms with Crippen LogP contribution in [0.5, 0.6) is 5.75 Å². The molecule has 0 fully saturated rings. The number of phenols is 1. The lowest BCUT2D eigenvalue weighted by Crippen LogP contribution is -2.35. The van der Waals surface area contributed by atoms with E-state index in [4.69, 9.17) is 4.74 Å². The molecule has 0 bridgehead atoms. The Labute approximate surface area is 173 Å². The van der Waals surface area contributed by atoms with Gasteiger partial charge in [0.2, 0.25) is 5.91 Å². The molecule has 7 nitrogen and oxygen atoms in total. The number of rotatable bonds is 6. The van der Waals surface area contributed by atoms with E-state index in [1.165, 1.54) is 12.1 Å².